The van der Waals surface area contributed by atoms with Gasteiger partial charge >= 0.3 is 5.97 Å². The molecule has 0 bridgehead atoms. The monoisotopic (exact) mass is 184 g/mol. The number of hydrogen-bond donors (Lipinski definition) is 0. The van der Waals surface area contributed by atoms with Crippen LogP contribution in [0.15, 0.2) is 12.2 Å². The quantitative estimate of drug-likeness (QED) is 0.468. The van der Waals surface area contributed by atoms with Gasteiger partial charge in [-0.2, -0.15) is 0 Å². The molecular weight excluding hydrogens is 164 g/mol. The van der Waals surface area contributed by atoms with E-state index in [1.54, 1.807) is 0 Å². The van der Waals surface area contributed by atoms with Crippen molar-refractivity contribution in [3.63, 3.8) is 0 Å². The summed E-state index contributed by atoms with van der Waals surface area (Å²) in [4.78, 5) is 10.9. The number of rotatable bonds is 6. The summed E-state index contributed by atoms with van der Waals surface area (Å²) in [6.07, 6.45) is 7.02. The summed E-state index contributed by atoms with van der Waals surface area (Å²) in [5, 5.41) is 0. The fraction of sp³-hybridized carbons (Fsp3) is 0.727. The first-order valence-electron chi connectivity index (χ1n) is 5.05. The van der Waals surface area contributed by atoms with Crippen molar-refractivity contribution >= 4 is 5.97 Å². The summed E-state index contributed by atoms with van der Waals surface area (Å²) in [6.45, 7) is 6.55. The van der Waals surface area contributed by atoms with Gasteiger partial charge in [-0.1, -0.05) is 32.8 Å². The third-order valence-electron chi connectivity index (χ3n) is 1.86. The molecule has 0 aromatic rings. The van der Waals surface area contributed by atoms with Gasteiger partial charge in [-0.05, 0) is 19.3 Å². The maximum absolute atomic E-state index is 10.9. The average Bonchev–Trinajstić information content (AvgIpc) is 2.12. The molecule has 0 aromatic carbocycles. The standard InChI is InChI=1S/C11H20O2/c1-4-6-7-10(3)8-9-11(12)13-5-2/h8-10H,4-7H2,1-3H3/b9-8+. The zero-order chi connectivity index (χ0) is 10.1. The van der Waals surface area contributed by atoms with Gasteiger partial charge in [0.05, 0.1) is 6.61 Å². The Morgan fingerprint density at radius 3 is 2.69 bits per heavy atom. The molecule has 1 unspecified atom stereocenters. The van der Waals surface area contributed by atoms with E-state index in [4.69, 9.17) is 4.74 Å². The smallest absolute Gasteiger partial charge is 0.330 e. The van der Waals surface area contributed by atoms with Crippen LogP contribution in [0.4, 0.5) is 0 Å². The molecule has 0 radical (unpaired) electrons. The number of carbonyl (C=O) groups is 1. The third-order valence-corrected chi connectivity index (χ3v) is 1.86. The van der Waals surface area contributed by atoms with E-state index >= 15 is 0 Å². The van der Waals surface area contributed by atoms with Gasteiger partial charge in [0.1, 0.15) is 0 Å². The second-order valence-electron chi connectivity index (χ2n) is 3.23. The van der Waals surface area contributed by atoms with Crippen molar-refractivity contribution in [1.29, 1.82) is 0 Å². The molecule has 2 nitrogen and oxygen atoms in total. The van der Waals surface area contributed by atoms with Crippen LogP contribution in [0, 0.1) is 5.92 Å². The zero-order valence-corrected chi connectivity index (χ0v) is 8.88. The molecule has 0 rings (SSSR count). The number of esters is 1. The maximum Gasteiger partial charge on any atom is 0.330 e. The van der Waals surface area contributed by atoms with E-state index in [9.17, 15) is 4.79 Å². The van der Waals surface area contributed by atoms with Crippen LogP contribution >= 0.6 is 0 Å². The van der Waals surface area contributed by atoms with Crippen LogP contribution in [0.5, 0.6) is 0 Å². The minimum Gasteiger partial charge on any atom is -0.463 e. The van der Waals surface area contributed by atoms with Gasteiger partial charge in [-0.25, -0.2) is 4.79 Å². The van der Waals surface area contributed by atoms with Crippen molar-refractivity contribution in [3.8, 4) is 0 Å². The topological polar surface area (TPSA) is 26.3 Å². The molecule has 0 aromatic heterocycles. The molecular formula is C11H20O2. The van der Waals surface area contributed by atoms with Gasteiger partial charge in [0, 0.05) is 6.08 Å². The van der Waals surface area contributed by atoms with Crippen LogP contribution in [0.1, 0.15) is 40.0 Å². The first-order chi connectivity index (χ1) is 6.20. The van der Waals surface area contributed by atoms with Crippen molar-refractivity contribution in [2.24, 2.45) is 5.92 Å². The van der Waals surface area contributed by atoms with Crippen molar-refractivity contribution < 1.29 is 9.53 Å². The molecule has 0 fully saturated rings. The predicted octanol–water partition coefficient (Wildman–Crippen LogP) is 2.93. The summed E-state index contributed by atoms with van der Waals surface area (Å²) in [6, 6.07) is 0. The number of carbonyl (C=O) groups excluding carboxylic acids is 1. The Bertz CT molecular complexity index is 161. The summed E-state index contributed by atoms with van der Waals surface area (Å²) in [7, 11) is 0. The highest BCUT2D eigenvalue weighted by Crippen LogP contribution is 2.08. The van der Waals surface area contributed by atoms with Crippen LogP contribution in [0.3, 0.4) is 0 Å². The van der Waals surface area contributed by atoms with Crippen LogP contribution in [0.25, 0.3) is 0 Å². The minimum absolute atomic E-state index is 0.231. The van der Waals surface area contributed by atoms with Gasteiger partial charge < -0.3 is 4.74 Å². The largest absolute Gasteiger partial charge is 0.463 e. The molecule has 0 heterocycles. The SMILES string of the molecule is CCCCC(C)/C=C/C(=O)OCC. The molecule has 76 valence electrons. The van der Waals surface area contributed by atoms with Crippen molar-refractivity contribution in [3.05, 3.63) is 12.2 Å². The van der Waals surface area contributed by atoms with Gasteiger partial charge in [-0.15, -0.1) is 0 Å². The lowest BCUT2D eigenvalue weighted by molar-refractivity contribution is -0.137. The average molecular weight is 184 g/mol. The Morgan fingerprint density at radius 2 is 2.15 bits per heavy atom. The van der Waals surface area contributed by atoms with Crippen molar-refractivity contribution in [1.82, 2.24) is 0 Å². The lowest BCUT2D eigenvalue weighted by Gasteiger charge is -2.03. The molecule has 0 N–H and O–H groups in total. The molecule has 0 spiro atoms. The second kappa shape index (κ2) is 7.84. The highest BCUT2D eigenvalue weighted by Gasteiger charge is 1.98. The molecule has 0 saturated carbocycles. The van der Waals surface area contributed by atoms with Gasteiger partial charge in [0.2, 0.25) is 0 Å². The Hall–Kier alpha value is -0.790. The van der Waals surface area contributed by atoms with Crippen molar-refractivity contribution in [2.75, 3.05) is 6.61 Å². The molecule has 0 aliphatic carbocycles. The molecule has 0 aliphatic rings. The zero-order valence-electron chi connectivity index (χ0n) is 8.88. The molecule has 0 aliphatic heterocycles. The second-order valence-corrected chi connectivity index (χ2v) is 3.23. The first-order valence-corrected chi connectivity index (χ1v) is 5.05. The van der Waals surface area contributed by atoms with E-state index in [2.05, 4.69) is 13.8 Å². The van der Waals surface area contributed by atoms with Crippen LogP contribution in [-0.2, 0) is 9.53 Å². The van der Waals surface area contributed by atoms with E-state index in [1.165, 1.54) is 18.9 Å². The van der Waals surface area contributed by atoms with Crippen LogP contribution < -0.4 is 0 Å². The minimum atomic E-state index is -0.231. The van der Waals surface area contributed by atoms with Crippen molar-refractivity contribution in [2.45, 2.75) is 40.0 Å². The van der Waals surface area contributed by atoms with E-state index in [-0.39, 0.29) is 5.97 Å². The lowest BCUT2D eigenvalue weighted by atomic mass is 10.0. The maximum atomic E-state index is 10.9. The summed E-state index contributed by atoms with van der Waals surface area (Å²) in [5.74, 6) is 0.246. The van der Waals surface area contributed by atoms with E-state index in [1.807, 2.05) is 13.0 Å². The number of unbranched alkanes of at least 4 members (excludes halogenated alkanes) is 1. The van der Waals surface area contributed by atoms with Gasteiger partial charge in [0.15, 0.2) is 0 Å². The Labute approximate surface area is 81.0 Å². The van der Waals surface area contributed by atoms with Gasteiger partial charge in [-0.3, -0.25) is 0 Å². The number of allylic oxidation sites excluding steroid dienone is 1. The fourth-order valence-electron chi connectivity index (χ4n) is 1.06. The summed E-state index contributed by atoms with van der Waals surface area (Å²) < 4.78 is 4.77. The highest BCUT2D eigenvalue weighted by atomic mass is 16.5. The van der Waals surface area contributed by atoms with E-state index in [0.29, 0.717) is 12.5 Å². The van der Waals surface area contributed by atoms with E-state index in [0.717, 1.165) is 6.42 Å². The lowest BCUT2D eigenvalue weighted by Crippen LogP contribution is -2.00. The third kappa shape index (κ3) is 7.57. The Kier molecular flexibility index (Phi) is 7.36. The Morgan fingerprint density at radius 1 is 1.46 bits per heavy atom. The highest BCUT2D eigenvalue weighted by molar-refractivity contribution is 5.81. The molecule has 0 amide bonds. The first kappa shape index (κ1) is 12.2. The molecule has 13 heavy (non-hydrogen) atoms. The predicted molar refractivity (Wildman–Crippen MR) is 54.5 cm³/mol. The normalized spacial score (nSPS) is 13.2. The fourth-order valence-corrected chi connectivity index (χ4v) is 1.06. The van der Waals surface area contributed by atoms with Gasteiger partial charge in [0.25, 0.3) is 0 Å². The molecule has 0 saturated heterocycles. The van der Waals surface area contributed by atoms with Crippen LogP contribution in [0.2, 0.25) is 0 Å². The molecule has 1 atom stereocenters. The Balaban J connectivity index is 3.62. The van der Waals surface area contributed by atoms with E-state index < -0.39 is 0 Å². The summed E-state index contributed by atoms with van der Waals surface area (Å²) >= 11 is 0. The van der Waals surface area contributed by atoms with Crippen LogP contribution in [-0.4, -0.2) is 12.6 Å². The summed E-state index contributed by atoms with van der Waals surface area (Å²) in [5.41, 5.74) is 0. The number of hydrogen-bond acceptors (Lipinski definition) is 2. The molecule has 2 heteroatoms. The number of ether oxygens (including phenoxy) is 1.